The molecule has 0 spiro atoms. The number of aliphatic imine (C=N–C) groups is 2. The quantitative estimate of drug-likeness (QED) is 0.787. The smallest absolute Gasteiger partial charge is 0.304 e. The summed E-state index contributed by atoms with van der Waals surface area (Å²) < 4.78 is 0. The number of thioether (sulfide) groups is 2. The molecule has 1 N–H and O–H groups in total. The van der Waals surface area contributed by atoms with E-state index in [0.29, 0.717) is 17.3 Å². The Morgan fingerprint density at radius 2 is 2.16 bits per heavy atom. The number of carbonyl (C=O) groups is 2. The van der Waals surface area contributed by atoms with E-state index in [1.165, 1.54) is 23.5 Å². The summed E-state index contributed by atoms with van der Waals surface area (Å²) in [5, 5.41) is 9.35. The van der Waals surface area contributed by atoms with E-state index in [4.69, 9.17) is 5.11 Å². The van der Waals surface area contributed by atoms with Crippen LogP contribution in [0, 0.1) is 5.92 Å². The van der Waals surface area contributed by atoms with Gasteiger partial charge in [0.05, 0.1) is 17.2 Å². The third-order valence-electron chi connectivity index (χ3n) is 2.91. The van der Waals surface area contributed by atoms with Crippen molar-refractivity contribution in [2.45, 2.75) is 20.3 Å². The first-order valence-corrected chi connectivity index (χ1v) is 7.81. The van der Waals surface area contributed by atoms with Crippen LogP contribution in [0.5, 0.6) is 0 Å². The van der Waals surface area contributed by atoms with Crippen molar-refractivity contribution in [1.29, 1.82) is 0 Å². The van der Waals surface area contributed by atoms with E-state index in [2.05, 4.69) is 9.98 Å². The van der Waals surface area contributed by atoms with Crippen LogP contribution in [0.2, 0.25) is 0 Å². The number of carbonyl (C=O) groups excluding carboxylic acids is 1. The van der Waals surface area contributed by atoms with Crippen LogP contribution in [-0.4, -0.2) is 39.4 Å². The minimum absolute atomic E-state index is 0.111. The molecule has 0 fully saturated rings. The number of hydrogen-bond donors (Lipinski definition) is 1. The molecule has 2 heterocycles. The van der Waals surface area contributed by atoms with Crippen molar-refractivity contribution in [3.05, 3.63) is 10.5 Å². The van der Waals surface area contributed by atoms with Crippen molar-refractivity contribution >= 4 is 46.3 Å². The normalized spacial score (nSPS) is 22.2. The van der Waals surface area contributed by atoms with E-state index in [9.17, 15) is 9.59 Å². The fourth-order valence-electron chi connectivity index (χ4n) is 1.79. The number of amides is 1. The molecule has 19 heavy (non-hydrogen) atoms. The Morgan fingerprint density at radius 3 is 2.84 bits per heavy atom. The predicted octanol–water partition coefficient (Wildman–Crippen LogP) is 2.19. The van der Waals surface area contributed by atoms with Crippen molar-refractivity contribution in [1.82, 2.24) is 0 Å². The van der Waals surface area contributed by atoms with Gasteiger partial charge in [-0.3, -0.25) is 9.59 Å². The minimum Gasteiger partial charge on any atom is -0.481 e. The van der Waals surface area contributed by atoms with E-state index >= 15 is 0 Å². The number of allylic oxidation sites excluding steroid dienone is 1. The molecule has 2 aliphatic heterocycles. The molecule has 0 aliphatic carbocycles. The Balaban J connectivity index is 1.96. The van der Waals surface area contributed by atoms with Crippen LogP contribution in [0.3, 0.4) is 0 Å². The topological polar surface area (TPSA) is 79.1 Å². The second kappa shape index (κ2) is 5.92. The number of fused-ring (bicyclic) bond motifs is 1. The second-order valence-corrected chi connectivity index (χ2v) is 6.63. The summed E-state index contributed by atoms with van der Waals surface area (Å²) in [5.74, 6) is 0.233. The summed E-state index contributed by atoms with van der Waals surface area (Å²) >= 11 is 2.97. The zero-order valence-corrected chi connectivity index (χ0v) is 12.3. The summed E-state index contributed by atoms with van der Waals surface area (Å²) in [5.41, 5.74) is 1.04. The maximum atomic E-state index is 12.0. The number of carboxylic acid groups (broad SMARTS) is 1. The van der Waals surface area contributed by atoms with Crippen molar-refractivity contribution in [3.63, 3.8) is 0 Å². The molecule has 1 amide bonds. The molecule has 1 unspecified atom stereocenters. The highest BCUT2D eigenvalue weighted by molar-refractivity contribution is 8.17. The Labute approximate surface area is 119 Å². The molecule has 7 heteroatoms. The van der Waals surface area contributed by atoms with Crippen molar-refractivity contribution in [2.75, 3.05) is 11.5 Å². The molecule has 0 aromatic rings. The lowest BCUT2D eigenvalue weighted by molar-refractivity contribution is -0.136. The predicted molar refractivity (Wildman–Crippen MR) is 78.9 cm³/mol. The highest BCUT2D eigenvalue weighted by atomic mass is 32.2. The van der Waals surface area contributed by atoms with Gasteiger partial charge in [-0.15, -0.1) is 0 Å². The van der Waals surface area contributed by atoms with Gasteiger partial charge in [0.1, 0.15) is 11.8 Å². The van der Waals surface area contributed by atoms with Gasteiger partial charge in [-0.25, -0.2) is 4.99 Å². The Kier molecular flexibility index (Phi) is 4.46. The van der Waals surface area contributed by atoms with Gasteiger partial charge in [0.15, 0.2) is 0 Å². The molecule has 102 valence electrons. The summed E-state index contributed by atoms with van der Waals surface area (Å²) in [4.78, 5) is 31.9. The lowest BCUT2D eigenvalue weighted by Crippen LogP contribution is -2.25. The second-order valence-electron chi connectivity index (χ2n) is 4.29. The zero-order valence-electron chi connectivity index (χ0n) is 10.7. The van der Waals surface area contributed by atoms with Crippen LogP contribution in [0.1, 0.15) is 20.3 Å². The number of aliphatic carboxylic acids is 1. The lowest BCUT2D eigenvalue weighted by atomic mass is 10.0. The molecule has 0 saturated carbocycles. The third kappa shape index (κ3) is 3.27. The maximum Gasteiger partial charge on any atom is 0.304 e. The number of rotatable bonds is 5. The number of amidine groups is 1. The maximum absolute atomic E-state index is 12.0. The van der Waals surface area contributed by atoms with Gasteiger partial charge in [-0.05, 0) is 24.3 Å². The van der Waals surface area contributed by atoms with E-state index in [1.54, 1.807) is 0 Å². The standard InChI is InChI=1S/C12H14N2O3S2/c1-6-7(2)19-12-10(6)11(17)13-8(14-12)5-18-4-3-9(15)16/h10H,3-5H2,1-2H3,(H,15,16). The van der Waals surface area contributed by atoms with Crippen LogP contribution < -0.4 is 0 Å². The number of nitrogens with zero attached hydrogens (tertiary/aromatic N) is 2. The molecule has 5 nitrogen and oxygen atoms in total. The van der Waals surface area contributed by atoms with Crippen LogP contribution in [0.25, 0.3) is 0 Å². The molecule has 0 saturated heterocycles. The van der Waals surface area contributed by atoms with Gasteiger partial charge in [0.2, 0.25) is 0 Å². The summed E-state index contributed by atoms with van der Waals surface area (Å²) in [6.45, 7) is 3.92. The first-order chi connectivity index (χ1) is 8.99. The molecule has 1 atom stereocenters. The van der Waals surface area contributed by atoms with Crippen LogP contribution in [0.15, 0.2) is 20.5 Å². The van der Waals surface area contributed by atoms with Gasteiger partial charge < -0.3 is 5.11 Å². The van der Waals surface area contributed by atoms with Crippen LogP contribution >= 0.6 is 23.5 Å². The van der Waals surface area contributed by atoms with Crippen molar-refractivity contribution in [2.24, 2.45) is 15.9 Å². The highest BCUT2D eigenvalue weighted by Gasteiger charge is 2.36. The molecule has 0 aromatic carbocycles. The van der Waals surface area contributed by atoms with E-state index in [1.807, 2.05) is 13.8 Å². The van der Waals surface area contributed by atoms with Gasteiger partial charge in [0, 0.05) is 5.75 Å². The molecule has 2 rings (SSSR count). The fourth-order valence-corrected chi connectivity index (χ4v) is 3.71. The molecule has 0 aromatic heterocycles. The third-order valence-corrected chi connectivity index (χ3v) is 5.03. The fraction of sp³-hybridized carbons (Fsp3) is 0.500. The lowest BCUT2D eigenvalue weighted by Gasteiger charge is -2.14. The van der Waals surface area contributed by atoms with Crippen LogP contribution in [0.4, 0.5) is 0 Å². The first kappa shape index (κ1) is 14.3. The Hall–Kier alpha value is -1.08. The van der Waals surface area contributed by atoms with Gasteiger partial charge in [0.25, 0.3) is 5.91 Å². The molecular formula is C12H14N2O3S2. The van der Waals surface area contributed by atoms with E-state index in [-0.39, 0.29) is 18.2 Å². The average molecular weight is 298 g/mol. The highest BCUT2D eigenvalue weighted by Crippen LogP contribution is 2.39. The number of carboxylic acids is 1. The Morgan fingerprint density at radius 1 is 1.42 bits per heavy atom. The minimum atomic E-state index is -0.817. The largest absolute Gasteiger partial charge is 0.481 e. The first-order valence-electron chi connectivity index (χ1n) is 5.84. The molecular weight excluding hydrogens is 284 g/mol. The monoisotopic (exact) mass is 298 g/mol. The number of hydrogen-bond acceptors (Lipinski definition) is 5. The SMILES string of the molecule is CC1=C(C)C2C(=O)N=C(CSCCC(=O)O)N=C2S1. The summed E-state index contributed by atoms with van der Waals surface area (Å²) in [6.07, 6.45) is 0.111. The summed E-state index contributed by atoms with van der Waals surface area (Å²) in [6, 6.07) is 0. The molecule has 2 aliphatic rings. The summed E-state index contributed by atoms with van der Waals surface area (Å²) in [7, 11) is 0. The average Bonchev–Trinajstić information content (AvgIpc) is 2.61. The van der Waals surface area contributed by atoms with Crippen LogP contribution in [-0.2, 0) is 9.59 Å². The molecule has 0 radical (unpaired) electrons. The van der Waals surface area contributed by atoms with Gasteiger partial charge >= 0.3 is 5.97 Å². The molecule has 0 bridgehead atoms. The van der Waals surface area contributed by atoms with E-state index < -0.39 is 5.97 Å². The Bertz CT molecular complexity index is 523. The van der Waals surface area contributed by atoms with Crippen molar-refractivity contribution in [3.8, 4) is 0 Å². The van der Waals surface area contributed by atoms with Gasteiger partial charge in [-0.1, -0.05) is 11.8 Å². The van der Waals surface area contributed by atoms with Gasteiger partial charge in [-0.2, -0.15) is 16.8 Å². The zero-order chi connectivity index (χ0) is 14.0. The van der Waals surface area contributed by atoms with E-state index in [0.717, 1.165) is 15.5 Å². The van der Waals surface area contributed by atoms with Crippen molar-refractivity contribution < 1.29 is 14.7 Å².